The quantitative estimate of drug-likeness (QED) is 0.101. The van der Waals surface area contributed by atoms with Gasteiger partial charge in [-0.05, 0) is 61.0 Å². The van der Waals surface area contributed by atoms with Gasteiger partial charge < -0.3 is 13.7 Å². The first-order valence-electron chi connectivity index (χ1n) is 13.6. The fourth-order valence-corrected chi connectivity index (χ4v) is 7.61. The Morgan fingerprint density at radius 2 is 1.79 bits per heavy atom. The van der Waals surface area contributed by atoms with E-state index in [-0.39, 0.29) is 17.3 Å². The Balaban J connectivity index is 1.59. The summed E-state index contributed by atoms with van der Waals surface area (Å²) in [4.78, 5) is 17.9. The molecule has 0 saturated heterocycles. The molecule has 0 aliphatic heterocycles. The van der Waals surface area contributed by atoms with E-state index < -0.39 is 23.7 Å². The maximum atomic E-state index is 13.5. The standard InChI is InChI=1S/C31H30ClN3O5SSi/c1-20-16-25(32)28-27(17-20)40-31(36)24-18-26(34(29(24)28)19-39-14-15-42(2,3)4)22-10-12-33-30-23(22)11-13-35(30)41(37,38)21-8-6-5-7-9-21/h5-13,16-18H,14-15,19H2,1-4H3. The van der Waals surface area contributed by atoms with Crippen molar-refractivity contribution in [2.24, 2.45) is 0 Å². The fraction of sp³-hybridized carbons (Fsp3) is 0.226. The van der Waals surface area contributed by atoms with Gasteiger partial charge in [0.05, 0.1) is 31.9 Å². The molecule has 4 heterocycles. The number of aryl methyl sites for hydroxylation is 1. The summed E-state index contributed by atoms with van der Waals surface area (Å²) in [6, 6.07) is 18.1. The third-order valence-electron chi connectivity index (χ3n) is 7.30. The highest BCUT2D eigenvalue weighted by Crippen LogP contribution is 2.38. The smallest absolute Gasteiger partial charge is 0.345 e. The summed E-state index contributed by atoms with van der Waals surface area (Å²) in [6.45, 7) is 9.49. The second kappa shape index (κ2) is 10.5. The van der Waals surface area contributed by atoms with Crippen LogP contribution in [0.1, 0.15) is 5.56 Å². The molecule has 0 atom stereocenters. The number of halogens is 1. The molecule has 6 rings (SSSR count). The average molecular weight is 620 g/mol. The van der Waals surface area contributed by atoms with Gasteiger partial charge in [-0.1, -0.05) is 49.4 Å². The normalized spacial score (nSPS) is 12.6. The Morgan fingerprint density at radius 3 is 2.52 bits per heavy atom. The van der Waals surface area contributed by atoms with Crippen LogP contribution in [0.4, 0.5) is 0 Å². The lowest BCUT2D eigenvalue weighted by Crippen LogP contribution is -2.22. The molecule has 42 heavy (non-hydrogen) atoms. The van der Waals surface area contributed by atoms with Gasteiger partial charge in [0.25, 0.3) is 10.0 Å². The van der Waals surface area contributed by atoms with Crippen LogP contribution in [0.2, 0.25) is 30.7 Å². The predicted octanol–water partition coefficient (Wildman–Crippen LogP) is 7.28. The lowest BCUT2D eigenvalue weighted by Gasteiger charge is -2.17. The predicted molar refractivity (Wildman–Crippen MR) is 170 cm³/mol. The van der Waals surface area contributed by atoms with Gasteiger partial charge in [-0.15, -0.1) is 0 Å². The maximum absolute atomic E-state index is 13.5. The molecular formula is C31H30ClN3O5SSi. The van der Waals surface area contributed by atoms with Crippen LogP contribution >= 0.6 is 11.6 Å². The van der Waals surface area contributed by atoms with Crippen LogP contribution in [0.3, 0.4) is 0 Å². The molecule has 0 unspecified atom stereocenters. The maximum Gasteiger partial charge on any atom is 0.345 e. The second-order valence-corrected chi connectivity index (χ2v) is 19.4. The molecule has 0 N–H and O–H groups in total. The Labute approximate surface area is 249 Å². The van der Waals surface area contributed by atoms with Gasteiger partial charge in [-0.25, -0.2) is 22.2 Å². The number of pyridine rings is 1. The molecule has 0 aliphatic carbocycles. The van der Waals surface area contributed by atoms with Crippen molar-refractivity contribution in [3.63, 3.8) is 0 Å². The zero-order valence-corrected chi connectivity index (χ0v) is 26.3. The second-order valence-electron chi connectivity index (χ2n) is 11.6. The molecule has 0 aliphatic rings. The van der Waals surface area contributed by atoms with Gasteiger partial charge in [0.15, 0.2) is 5.65 Å². The highest BCUT2D eigenvalue weighted by molar-refractivity contribution is 7.90. The van der Waals surface area contributed by atoms with Gasteiger partial charge in [0.2, 0.25) is 0 Å². The first kappa shape index (κ1) is 28.4. The summed E-state index contributed by atoms with van der Waals surface area (Å²) in [5.41, 5.74) is 3.02. The van der Waals surface area contributed by atoms with Crippen molar-refractivity contribution in [2.75, 3.05) is 6.61 Å². The van der Waals surface area contributed by atoms with E-state index in [2.05, 4.69) is 24.6 Å². The SMILES string of the molecule is Cc1cc(Cl)c2c(c1)oc(=O)c1cc(-c3ccnc4c3ccn4S(=O)(=O)c3ccccc3)n(COCC[Si](C)(C)C)c12. The van der Waals surface area contributed by atoms with Gasteiger partial charge in [-0.2, -0.15) is 0 Å². The van der Waals surface area contributed by atoms with Crippen molar-refractivity contribution >= 4 is 62.6 Å². The topological polar surface area (TPSA) is 96.3 Å². The number of ether oxygens (including phenoxy) is 1. The number of rotatable bonds is 8. The van der Waals surface area contributed by atoms with Gasteiger partial charge in [-0.3, -0.25) is 0 Å². The van der Waals surface area contributed by atoms with Crippen molar-refractivity contribution in [1.29, 1.82) is 0 Å². The highest BCUT2D eigenvalue weighted by atomic mass is 35.5. The molecule has 216 valence electrons. The summed E-state index contributed by atoms with van der Waals surface area (Å²) >= 11 is 6.76. The van der Waals surface area contributed by atoms with Crippen molar-refractivity contribution in [3.05, 3.63) is 94.1 Å². The van der Waals surface area contributed by atoms with E-state index >= 15 is 0 Å². The molecule has 0 saturated carbocycles. The number of aromatic nitrogens is 3. The van der Waals surface area contributed by atoms with Crippen molar-refractivity contribution in [3.8, 4) is 11.3 Å². The Hall–Kier alpha value is -3.70. The van der Waals surface area contributed by atoms with E-state index in [4.69, 9.17) is 20.8 Å². The zero-order chi connectivity index (χ0) is 29.8. The van der Waals surface area contributed by atoms with Crippen LogP contribution in [-0.4, -0.2) is 36.6 Å². The van der Waals surface area contributed by atoms with E-state index in [0.29, 0.717) is 50.1 Å². The Morgan fingerprint density at radius 1 is 1.02 bits per heavy atom. The summed E-state index contributed by atoms with van der Waals surface area (Å²) in [6.07, 6.45) is 3.07. The molecule has 0 amide bonds. The zero-order valence-electron chi connectivity index (χ0n) is 23.7. The molecule has 0 spiro atoms. The molecule has 6 aromatic rings. The van der Waals surface area contributed by atoms with E-state index in [1.165, 1.54) is 10.2 Å². The summed E-state index contributed by atoms with van der Waals surface area (Å²) < 4.78 is 42.1. The van der Waals surface area contributed by atoms with Gasteiger partial charge in [0, 0.05) is 38.0 Å². The monoisotopic (exact) mass is 619 g/mol. The molecule has 11 heteroatoms. The number of nitrogens with zero attached hydrogens (tertiary/aromatic N) is 3. The van der Waals surface area contributed by atoms with E-state index in [1.807, 2.05) is 23.6 Å². The first-order chi connectivity index (χ1) is 20.0. The molecule has 4 aromatic heterocycles. The summed E-state index contributed by atoms with van der Waals surface area (Å²) in [7, 11) is -5.23. The third-order valence-corrected chi connectivity index (χ3v) is 11.0. The molecule has 2 aromatic carbocycles. The number of hydrogen-bond acceptors (Lipinski definition) is 6. The lowest BCUT2D eigenvalue weighted by molar-refractivity contribution is 0.0914. The molecular weight excluding hydrogens is 590 g/mol. The molecule has 0 radical (unpaired) electrons. The summed E-state index contributed by atoms with van der Waals surface area (Å²) in [5.74, 6) is 0. The van der Waals surface area contributed by atoms with Crippen LogP contribution in [0.5, 0.6) is 0 Å². The third kappa shape index (κ3) is 4.98. The first-order valence-corrected chi connectivity index (χ1v) is 19.1. The van der Waals surface area contributed by atoms with Gasteiger partial charge >= 0.3 is 5.63 Å². The summed E-state index contributed by atoms with van der Waals surface area (Å²) in [5, 5.41) is 2.05. The lowest BCUT2D eigenvalue weighted by atomic mass is 10.1. The Kier molecular flexibility index (Phi) is 7.13. The minimum Gasteiger partial charge on any atom is -0.422 e. The minimum atomic E-state index is -3.89. The van der Waals surface area contributed by atoms with Gasteiger partial charge in [0.1, 0.15) is 12.3 Å². The van der Waals surface area contributed by atoms with Crippen LogP contribution in [0.25, 0.3) is 44.2 Å². The van der Waals surface area contributed by atoms with E-state index in [1.54, 1.807) is 54.7 Å². The highest BCUT2D eigenvalue weighted by Gasteiger charge is 2.24. The fourth-order valence-electron chi connectivity index (χ4n) is 5.18. The number of hydrogen-bond donors (Lipinski definition) is 0. The Bertz CT molecular complexity index is 2150. The average Bonchev–Trinajstić information content (AvgIpc) is 3.54. The van der Waals surface area contributed by atoms with E-state index in [9.17, 15) is 13.2 Å². The van der Waals surface area contributed by atoms with Crippen molar-refractivity contribution in [2.45, 2.75) is 44.2 Å². The van der Waals surface area contributed by atoms with Crippen molar-refractivity contribution < 1.29 is 17.6 Å². The van der Waals surface area contributed by atoms with Crippen molar-refractivity contribution in [1.82, 2.24) is 13.5 Å². The van der Waals surface area contributed by atoms with Crippen LogP contribution < -0.4 is 5.63 Å². The molecule has 0 bridgehead atoms. The van der Waals surface area contributed by atoms with E-state index in [0.717, 1.165) is 11.6 Å². The minimum absolute atomic E-state index is 0.161. The van der Waals surface area contributed by atoms with Crippen LogP contribution in [0.15, 0.2) is 87.2 Å². The number of benzene rings is 2. The van der Waals surface area contributed by atoms with Crippen LogP contribution in [0, 0.1) is 6.92 Å². The van der Waals surface area contributed by atoms with Crippen LogP contribution in [-0.2, 0) is 21.5 Å². The molecule has 0 fully saturated rings. The number of fused-ring (bicyclic) bond motifs is 4. The molecule has 8 nitrogen and oxygen atoms in total. The largest absolute Gasteiger partial charge is 0.422 e.